The summed E-state index contributed by atoms with van der Waals surface area (Å²) in [5.41, 5.74) is 0.253. The van der Waals surface area contributed by atoms with E-state index in [-0.39, 0.29) is 30.7 Å². The maximum Gasteiger partial charge on any atom is 0.303 e. The van der Waals surface area contributed by atoms with Crippen LogP contribution < -0.4 is 5.32 Å². The Morgan fingerprint density at radius 2 is 1.90 bits per heavy atom. The van der Waals surface area contributed by atoms with Crippen molar-refractivity contribution in [2.75, 3.05) is 6.54 Å². The minimum atomic E-state index is -0.902. The molecule has 0 radical (unpaired) electrons. The zero-order valence-corrected chi connectivity index (χ0v) is 11.0. The van der Waals surface area contributed by atoms with E-state index < -0.39 is 17.6 Å². The first-order valence-electron chi connectivity index (χ1n) is 6.41. The molecule has 20 heavy (non-hydrogen) atoms. The Balaban J connectivity index is 2.21. The predicted octanol–water partition coefficient (Wildman–Crippen LogP) is 2.27. The molecule has 110 valence electrons. The maximum absolute atomic E-state index is 13.3. The molecule has 0 atom stereocenters. The summed E-state index contributed by atoms with van der Waals surface area (Å²) < 4.78 is 26.2. The lowest BCUT2D eigenvalue weighted by molar-refractivity contribution is -0.137. The van der Waals surface area contributed by atoms with Gasteiger partial charge < -0.3 is 10.4 Å². The Kier molecular flexibility index (Phi) is 6.63. The normalized spacial score (nSPS) is 10.3. The lowest BCUT2D eigenvalue weighted by atomic mass is 10.1. The molecule has 0 saturated heterocycles. The Labute approximate surface area is 115 Å². The second-order valence-corrected chi connectivity index (χ2v) is 4.44. The second-order valence-electron chi connectivity index (χ2n) is 4.44. The van der Waals surface area contributed by atoms with Gasteiger partial charge in [-0.3, -0.25) is 9.59 Å². The molecule has 4 nitrogen and oxygen atoms in total. The molecule has 1 aromatic carbocycles. The molecule has 0 fully saturated rings. The molecule has 6 heteroatoms. The molecule has 0 unspecified atom stereocenters. The van der Waals surface area contributed by atoms with E-state index in [9.17, 15) is 18.4 Å². The maximum atomic E-state index is 13.3. The van der Waals surface area contributed by atoms with Crippen LogP contribution in [0.15, 0.2) is 18.2 Å². The van der Waals surface area contributed by atoms with Gasteiger partial charge in [0.2, 0.25) is 5.91 Å². The van der Waals surface area contributed by atoms with Crippen LogP contribution in [0.2, 0.25) is 0 Å². The number of carboxylic acid groups (broad SMARTS) is 1. The summed E-state index contributed by atoms with van der Waals surface area (Å²) in [5, 5.41) is 11.0. The first-order chi connectivity index (χ1) is 9.49. The van der Waals surface area contributed by atoms with Crippen LogP contribution in [0.25, 0.3) is 0 Å². The van der Waals surface area contributed by atoms with E-state index in [1.807, 2.05) is 0 Å². The van der Waals surface area contributed by atoms with Gasteiger partial charge in [0.05, 0.1) is 0 Å². The topological polar surface area (TPSA) is 66.4 Å². The molecular weight excluding hydrogens is 268 g/mol. The molecule has 1 rings (SSSR count). The number of nitrogens with one attached hydrogen (secondary N) is 1. The van der Waals surface area contributed by atoms with Crippen LogP contribution in [0.3, 0.4) is 0 Å². The van der Waals surface area contributed by atoms with E-state index in [1.165, 1.54) is 0 Å². The predicted molar refractivity (Wildman–Crippen MR) is 69.2 cm³/mol. The number of hydrogen-bond acceptors (Lipinski definition) is 2. The Morgan fingerprint density at radius 3 is 2.60 bits per heavy atom. The van der Waals surface area contributed by atoms with Gasteiger partial charge in [-0.1, -0.05) is 0 Å². The van der Waals surface area contributed by atoms with Gasteiger partial charge in [0.25, 0.3) is 0 Å². The smallest absolute Gasteiger partial charge is 0.303 e. The van der Waals surface area contributed by atoms with Gasteiger partial charge in [0, 0.05) is 19.4 Å². The number of amides is 1. The van der Waals surface area contributed by atoms with Crippen molar-refractivity contribution in [2.24, 2.45) is 0 Å². The first-order valence-corrected chi connectivity index (χ1v) is 6.41. The van der Waals surface area contributed by atoms with Gasteiger partial charge >= 0.3 is 5.97 Å². The number of carbonyl (C=O) groups excluding carboxylic acids is 1. The molecule has 0 aliphatic heterocycles. The lowest BCUT2D eigenvalue weighted by Crippen LogP contribution is -2.24. The van der Waals surface area contributed by atoms with Crippen LogP contribution >= 0.6 is 0 Å². The molecule has 0 aromatic heterocycles. The average molecular weight is 285 g/mol. The largest absolute Gasteiger partial charge is 0.481 e. The SMILES string of the molecule is O=C(O)CCCNC(=O)CCCc1cc(F)ccc1F. The average Bonchev–Trinajstić information content (AvgIpc) is 2.38. The molecule has 0 bridgehead atoms. The molecule has 0 aliphatic carbocycles. The zero-order chi connectivity index (χ0) is 15.0. The number of benzene rings is 1. The van der Waals surface area contributed by atoms with Gasteiger partial charge in [-0.25, -0.2) is 8.78 Å². The fraction of sp³-hybridized carbons (Fsp3) is 0.429. The van der Waals surface area contributed by atoms with Gasteiger partial charge in [-0.05, 0) is 43.0 Å². The van der Waals surface area contributed by atoms with Crippen LogP contribution in [0.1, 0.15) is 31.2 Å². The monoisotopic (exact) mass is 285 g/mol. The van der Waals surface area contributed by atoms with Crippen molar-refractivity contribution in [2.45, 2.75) is 32.1 Å². The molecule has 0 aliphatic rings. The van der Waals surface area contributed by atoms with E-state index in [0.29, 0.717) is 19.4 Å². The number of aliphatic carboxylic acids is 1. The number of aryl methyl sites for hydroxylation is 1. The zero-order valence-electron chi connectivity index (χ0n) is 11.0. The van der Waals surface area contributed by atoms with E-state index in [2.05, 4.69) is 5.32 Å². The van der Waals surface area contributed by atoms with Gasteiger partial charge in [0.1, 0.15) is 11.6 Å². The summed E-state index contributed by atoms with van der Waals surface area (Å²) in [6, 6.07) is 3.24. The van der Waals surface area contributed by atoms with Crippen LogP contribution in [-0.4, -0.2) is 23.5 Å². The fourth-order valence-electron chi connectivity index (χ4n) is 1.73. The summed E-state index contributed by atoms with van der Waals surface area (Å²) in [6.45, 7) is 0.305. The van der Waals surface area contributed by atoms with E-state index >= 15 is 0 Å². The third-order valence-corrected chi connectivity index (χ3v) is 2.75. The van der Waals surface area contributed by atoms with Crippen LogP contribution in [0, 0.1) is 11.6 Å². The Bertz CT molecular complexity index is 477. The van der Waals surface area contributed by atoms with Gasteiger partial charge in [-0.2, -0.15) is 0 Å². The lowest BCUT2D eigenvalue weighted by Gasteiger charge is -2.05. The highest BCUT2D eigenvalue weighted by molar-refractivity contribution is 5.75. The summed E-state index contributed by atoms with van der Waals surface area (Å²) >= 11 is 0. The summed E-state index contributed by atoms with van der Waals surface area (Å²) in [7, 11) is 0. The van der Waals surface area contributed by atoms with Gasteiger partial charge in [0.15, 0.2) is 0 Å². The molecule has 1 aromatic rings. The highest BCUT2D eigenvalue weighted by atomic mass is 19.1. The van der Waals surface area contributed by atoms with E-state index in [1.54, 1.807) is 0 Å². The highest BCUT2D eigenvalue weighted by Crippen LogP contribution is 2.12. The summed E-state index contributed by atoms with van der Waals surface area (Å²) in [4.78, 5) is 21.7. The minimum Gasteiger partial charge on any atom is -0.481 e. The molecular formula is C14H17F2NO3. The molecule has 0 saturated carbocycles. The third kappa shape index (κ3) is 6.26. The second kappa shape index (κ2) is 8.24. The molecule has 1 amide bonds. The van der Waals surface area contributed by atoms with Crippen molar-refractivity contribution in [1.82, 2.24) is 5.32 Å². The van der Waals surface area contributed by atoms with Crippen molar-refractivity contribution in [3.63, 3.8) is 0 Å². The number of halogens is 2. The standard InChI is InChI=1S/C14H17F2NO3/c15-11-6-7-12(16)10(9-11)3-1-4-13(18)17-8-2-5-14(19)20/h6-7,9H,1-5,8H2,(H,17,18)(H,19,20). The minimum absolute atomic E-state index is 0.00871. The van der Waals surface area contributed by atoms with Gasteiger partial charge in [-0.15, -0.1) is 0 Å². The number of rotatable bonds is 8. The highest BCUT2D eigenvalue weighted by Gasteiger charge is 2.06. The van der Waals surface area contributed by atoms with Crippen molar-refractivity contribution in [3.8, 4) is 0 Å². The molecule has 2 N–H and O–H groups in total. The van der Waals surface area contributed by atoms with Crippen LogP contribution in [-0.2, 0) is 16.0 Å². The number of hydrogen-bond donors (Lipinski definition) is 2. The van der Waals surface area contributed by atoms with E-state index in [0.717, 1.165) is 18.2 Å². The van der Waals surface area contributed by atoms with Crippen molar-refractivity contribution >= 4 is 11.9 Å². The Hall–Kier alpha value is -1.98. The van der Waals surface area contributed by atoms with Crippen molar-refractivity contribution in [3.05, 3.63) is 35.4 Å². The first kappa shape index (κ1) is 16.1. The summed E-state index contributed by atoms with van der Waals surface area (Å²) in [6.07, 6.45) is 1.27. The quantitative estimate of drug-likeness (QED) is 0.720. The number of carbonyl (C=O) groups is 2. The molecule has 0 spiro atoms. The molecule has 0 heterocycles. The van der Waals surface area contributed by atoms with Crippen molar-refractivity contribution in [1.29, 1.82) is 0 Å². The third-order valence-electron chi connectivity index (χ3n) is 2.75. The Morgan fingerprint density at radius 1 is 1.15 bits per heavy atom. The van der Waals surface area contributed by atoms with E-state index in [4.69, 9.17) is 5.11 Å². The fourth-order valence-corrected chi connectivity index (χ4v) is 1.73. The van der Waals surface area contributed by atoms with Crippen molar-refractivity contribution < 1.29 is 23.5 Å². The van der Waals surface area contributed by atoms with Crippen LogP contribution in [0.5, 0.6) is 0 Å². The summed E-state index contributed by atoms with van der Waals surface area (Å²) in [5.74, 6) is -2.10. The van der Waals surface area contributed by atoms with Crippen LogP contribution in [0.4, 0.5) is 8.78 Å². The number of carboxylic acids is 1.